The zero-order valence-corrected chi connectivity index (χ0v) is 8.43. The highest BCUT2D eigenvalue weighted by molar-refractivity contribution is 5.85. The lowest BCUT2D eigenvalue weighted by atomic mass is 10.1. The van der Waals surface area contributed by atoms with Gasteiger partial charge in [0.05, 0.1) is 7.11 Å². The van der Waals surface area contributed by atoms with E-state index in [1.165, 1.54) is 12.7 Å². The molecule has 1 aromatic rings. The van der Waals surface area contributed by atoms with Gasteiger partial charge in [0.15, 0.2) is 5.90 Å². The normalized spacial score (nSPS) is 8.69. The molecule has 1 aromatic carbocycles. The molecular weight excluding hydrogens is 186 g/mol. The van der Waals surface area contributed by atoms with Gasteiger partial charge in [0.2, 0.25) is 0 Å². The van der Waals surface area contributed by atoms with Crippen LogP contribution in [0.3, 0.4) is 0 Å². The van der Waals surface area contributed by atoms with Crippen molar-refractivity contribution in [2.75, 3.05) is 7.11 Å². The van der Waals surface area contributed by atoms with Crippen LogP contribution in [0, 0.1) is 5.41 Å². The lowest BCUT2D eigenvalue weighted by Crippen LogP contribution is -2.00. The molecule has 0 radical (unpaired) electrons. The Bertz CT molecular complexity index is 248. The maximum absolute atomic E-state index is 7.26. The van der Waals surface area contributed by atoms with Gasteiger partial charge in [0.25, 0.3) is 0 Å². The third kappa shape index (κ3) is 4.53. The van der Waals surface area contributed by atoms with Crippen molar-refractivity contribution in [3.63, 3.8) is 0 Å². The van der Waals surface area contributed by atoms with Gasteiger partial charge in [-0.3, -0.25) is 5.41 Å². The van der Waals surface area contributed by atoms with Gasteiger partial charge >= 0.3 is 0 Å². The van der Waals surface area contributed by atoms with Gasteiger partial charge in [-0.05, 0) is 12.0 Å². The highest BCUT2D eigenvalue weighted by atomic mass is 35.5. The largest absolute Gasteiger partial charge is 0.484 e. The van der Waals surface area contributed by atoms with Crippen LogP contribution in [0.15, 0.2) is 30.3 Å². The summed E-state index contributed by atoms with van der Waals surface area (Å²) in [6, 6.07) is 10.1. The average molecular weight is 200 g/mol. The van der Waals surface area contributed by atoms with Crippen LogP contribution in [0.25, 0.3) is 0 Å². The Morgan fingerprint density at radius 2 is 1.92 bits per heavy atom. The summed E-state index contributed by atoms with van der Waals surface area (Å²) in [7, 11) is 1.54. The number of aryl methyl sites for hydroxylation is 1. The number of halogens is 1. The summed E-state index contributed by atoms with van der Waals surface area (Å²) >= 11 is 0. The van der Waals surface area contributed by atoms with Crippen molar-refractivity contribution in [3.05, 3.63) is 35.9 Å². The van der Waals surface area contributed by atoms with E-state index in [2.05, 4.69) is 12.1 Å². The molecule has 2 nitrogen and oxygen atoms in total. The first kappa shape index (κ1) is 12.0. The Morgan fingerprint density at radius 3 is 2.46 bits per heavy atom. The summed E-state index contributed by atoms with van der Waals surface area (Å²) in [5, 5.41) is 7.26. The van der Waals surface area contributed by atoms with Crippen molar-refractivity contribution in [1.29, 1.82) is 5.41 Å². The molecule has 13 heavy (non-hydrogen) atoms. The van der Waals surface area contributed by atoms with E-state index in [1.807, 2.05) is 18.2 Å². The van der Waals surface area contributed by atoms with E-state index in [4.69, 9.17) is 10.1 Å². The van der Waals surface area contributed by atoms with Gasteiger partial charge in [-0.2, -0.15) is 0 Å². The van der Waals surface area contributed by atoms with E-state index in [1.54, 1.807) is 0 Å². The van der Waals surface area contributed by atoms with Crippen LogP contribution >= 0.6 is 12.4 Å². The summed E-state index contributed by atoms with van der Waals surface area (Å²) in [6.07, 6.45) is 1.56. The van der Waals surface area contributed by atoms with Crippen molar-refractivity contribution in [1.82, 2.24) is 0 Å². The molecule has 0 atom stereocenters. The molecule has 0 fully saturated rings. The minimum atomic E-state index is 0. The van der Waals surface area contributed by atoms with Crippen molar-refractivity contribution >= 4 is 18.3 Å². The Labute approximate surface area is 84.8 Å². The van der Waals surface area contributed by atoms with E-state index in [9.17, 15) is 0 Å². The predicted molar refractivity (Wildman–Crippen MR) is 56.7 cm³/mol. The van der Waals surface area contributed by atoms with Gasteiger partial charge < -0.3 is 4.74 Å². The highest BCUT2D eigenvalue weighted by Crippen LogP contribution is 2.02. The Morgan fingerprint density at radius 1 is 1.31 bits per heavy atom. The molecule has 3 heteroatoms. The number of benzene rings is 1. The first-order valence-corrected chi connectivity index (χ1v) is 3.98. The van der Waals surface area contributed by atoms with Gasteiger partial charge in [-0.1, -0.05) is 30.3 Å². The second-order valence-electron chi connectivity index (χ2n) is 2.61. The number of methoxy groups -OCH3 is 1. The fraction of sp³-hybridized carbons (Fsp3) is 0.300. The van der Waals surface area contributed by atoms with Crippen LogP contribution in [-0.2, 0) is 11.2 Å². The van der Waals surface area contributed by atoms with Gasteiger partial charge in [0.1, 0.15) is 0 Å². The van der Waals surface area contributed by atoms with Crippen LogP contribution < -0.4 is 0 Å². The molecule has 0 aliphatic heterocycles. The number of nitrogens with one attached hydrogen (secondary N) is 1. The number of rotatable bonds is 3. The summed E-state index contributed by atoms with van der Waals surface area (Å²) in [5.41, 5.74) is 1.25. The molecule has 0 spiro atoms. The van der Waals surface area contributed by atoms with Crippen LogP contribution in [0.2, 0.25) is 0 Å². The fourth-order valence-electron chi connectivity index (χ4n) is 1.00. The van der Waals surface area contributed by atoms with Crippen molar-refractivity contribution in [3.8, 4) is 0 Å². The SMILES string of the molecule is COC(=N)CCc1ccccc1.Cl. The van der Waals surface area contributed by atoms with Crippen LogP contribution in [0.5, 0.6) is 0 Å². The monoisotopic (exact) mass is 199 g/mol. The number of hydrogen-bond acceptors (Lipinski definition) is 2. The van der Waals surface area contributed by atoms with Gasteiger partial charge in [-0.25, -0.2) is 0 Å². The minimum absolute atomic E-state index is 0. The number of ether oxygens (including phenoxy) is 1. The topological polar surface area (TPSA) is 33.1 Å². The maximum atomic E-state index is 7.26. The zero-order valence-electron chi connectivity index (χ0n) is 7.62. The minimum Gasteiger partial charge on any atom is -0.484 e. The van der Waals surface area contributed by atoms with E-state index >= 15 is 0 Å². The molecule has 0 bridgehead atoms. The molecule has 72 valence electrons. The Hall–Kier alpha value is -1.02. The van der Waals surface area contributed by atoms with E-state index in [0.717, 1.165) is 6.42 Å². The van der Waals surface area contributed by atoms with Crippen molar-refractivity contribution in [2.45, 2.75) is 12.8 Å². The molecule has 0 amide bonds. The first-order chi connectivity index (χ1) is 5.83. The Balaban J connectivity index is 0.00000144. The van der Waals surface area contributed by atoms with Gasteiger partial charge in [-0.15, -0.1) is 12.4 Å². The molecule has 1 N–H and O–H groups in total. The quantitative estimate of drug-likeness (QED) is 0.589. The molecule has 0 heterocycles. The standard InChI is InChI=1S/C10H13NO.ClH/c1-12-10(11)8-7-9-5-3-2-4-6-9;/h2-6,11H,7-8H2,1H3;1H. The molecule has 0 saturated carbocycles. The third-order valence-electron chi connectivity index (χ3n) is 1.73. The van der Waals surface area contributed by atoms with Gasteiger partial charge in [0, 0.05) is 6.42 Å². The van der Waals surface area contributed by atoms with Crippen LogP contribution in [0.1, 0.15) is 12.0 Å². The predicted octanol–water partition coefficient (Wildman–Crippen LogP) is 2.66. The third-order valence-corrected chi connectivity index (χ3v) is 1.73. The zero-order chi connectivity index (χ0) is 8.81. The number of hydrogen-bond donors (Lipinski definition) is 1. The van der Waals surface area contributed by atoms with Crippen molar-refractivity contribution < 1.29 is 4.74 Å². The highest BCUT2D eigenvalue weighted by Gasteiger charge is 1.95. The second kappa shape index (κ2) is 6.49. The smallest absolute Gasteiger partial charge is 0.180 e. The molecular formula is C10H14ClNO. The molecule has 1 rings (SSSR count). The molecule has 0 aliphatic rings. The molecule has 0 aromatic heterocycles. The Kier molecular flexibility index (Phi) is 5.98. The molecule has 0 aliphatic carbocycles. The molecule has 0 saturated heterocycles. The summed E-state index contributed by atoms with van der Waals surface area (Å²) in [6.45, 7) is 0. The average Bonchev–Trinajstić information content (AvgIpc) is 2.16. The van der Waals surface area contributed by atoms with Crippen molar-refractivity contribution in [2.24, 2.45) is 0 Å². The summed E-state index contributed by atoms with van der Waals surface area (Å²) in [4.78, 5) is 0. The summed E-state index contributed by atoms with van der Waals surface area (Å²) < 4.78 is 4.76. The lowest BCUT2D eigenvalue weighted by Gasteiger charge is -2.01. The second-order valence-corrected chi connectivity index (χ2v) is 2.61. The summed E-state index contributed by atoms with van der Waals surface area (Å²) in [5.74, 6) is 0.346. The maximum Gasteiger partial charge on any atom is 0.180 e. The van der Waals surface area contributed by atoms with E-state index in [0.29, 0.717) is 12.3 Å². The first-order valence-electron chi connectivity index (χ1n) is 3.98. The van der Waals surface area contributed by atoms with E-state index < -0.39 is 0 Å². The van der Waals surface area contributed by atoms with Crippen LogP contribution in [0.4, 0.5) is 0 Å². The van der Waals surface area contributed by atoms with E-state index in [-0.39, 0.29) is 12.4 Å². The van der Waals surface area contributed by atoms with Crippen LogP contribution in [-0.4, -0.2) is 13.0 Å². The molecule has 0 unspecified atom stereocenters. The fourth-order valence-corrected chi connectivity index (χ4v) is 1.00. The lowest BCUT2D eigenvalue weighted by molar-refractivity contribution is 0.386.